The van der Waals surface area contributed by atoms with Gasteiger partial charge in [-0.15, -0.1) is 0 Å². The summed E-state index contributed by atoms with van der Waals surface area (Å²) in [6, 6.07) is 58.9. The van der Waals surface area contributed by atoms with Gasteiger partial charge in [0.05, 0.1) is 0 Å². The van der Waals surface area contributed by atoms with Gasteiger partial charge in [-0.25, -0.2) is 13.5 Å². The summed E-state index contributed by atoms with van der Waals surface area (Å²) >= 11 is 0. The topological polar surface area (TPSA) is 74.4 Å². The van der Waals surface area contributed by atoms with Crippen molar-refractivity contribution < 1.29 is 9.90 Å². The molecule has 0 fully saturated rings. The molecule has 1 aliphatic rings. The highest BCUT2D eigenvalue weighted by molar-refractivity contribution is 7.97. The minimum Gasteiger partial charge on any atom is -0.371 e. The first-order valence-corrected chi connectivity index (χ1v) is 20.9. The summed E-state index contributed by atoms with van der Waals surface area (Å²) in [5, 5.41) is 15.2. The van der Waals surface area contributed by atoms with Crippen LogP contribution in [0.25, 0.3) is 0 Å². The Kier molecular flexibility index (Phi) is 8.43. The predicted molar refractivity (Wildman–Crippen MR) is 199 cm³/mol. The zero-order valence-corrected chi connectivity index (χ0v) is 28.5. The third kappa shape index (κ3) is 5.35. The maximum absolute atomic E-state index is 15.0. The molecule has 0 amide bonds. The van der Waals surface area contributed by atoms with E-state index < -0.39 is 32.7 Å². The Balaban J connectivity index is 1.74. The SMILES string of the molecule is CP1(C(O)(C(=O)c2ccccc2)c2ccccc2)=NP(c2ccccc2)(c2ccccc2)=NP(c2ccccc2)(c2ccccc2)=N1. The molecule has 0 radical (unpaired) electrons. The molecule has 232 valence electrons. The van der Waals surface area contributed by atoms with E-state index >= 15 is 0 Å². The molecule has 2 unspecified atom stereocenters. The van der Waals surface area contributed by atoms with Crippen LogP contribution in [-0.2, 0) is 5.34 Å². The zero-order chi connectivity index (χ0) is 32.4. The molecule has 47 heavy (non-hydrogen) atoms. The lowest BCUT2D eigenvalue weighted by Crippen LogP contribution is -2.36. The number of ketones is 1. The lowest BCUT2D eigenvalue weighted by atomic mass is 9.99. The third-order valence-corrected chi connectivity index (χ3v) is 21.2. The van der Waals surface area contributed by atoms with Crippen LogP contribution in [-0.4, -0.2) is 17.6 Å². The average molecular weight is 670 g/mol. The van der Waals surface area contributed by atoms with Crippen LogP contribution in [0, 0.1) is 0 Å². The van der Waals surface area contributed by atoms with Gasteiger partial charge in [0.15, 0.2) is 0 Å². The molecular weight excluding hydrogens is 635 g/mol. The second-order valence-electron chi connectivity index (χ2n) is 11.5. The molecule has 5 nitrogen and oxygen atoms in total. The van der Waals surface area contributed by atoms with Gasteiger partial charge in [-0.05, 0) is 12.2 Å². The highest BCUT2D eigenvalue weighted by Crippen LogP contribution is 2.80. The Bertz CT molecular complexity index is 2030. The molecule has 1 heterocycles. The van der Waals surface area contributed by atoms with Gasteiger partial charge in [0, 0.05) is 26.8 Å². The minimum atomic E-state index is -3.47. The van der Waals surface area contributed by atoms with Crippen molar-refractivity contribution in [2.45, 2.75) is 5.34 Å². The second kappa shape index (κ2) is 12.7. The Morgan fingerprint density at radius 1 is 0.468 bits per heavy atom. The quantitative estimate of drug-likeness (QED) is 0.130. The lowest BCUT2D eigenvalue weighted by molar-refractivity contribution is 0.0637. The van der Waals surface area contributed by atoms with E-state index in [4.69, 9.17) is 13.5 Å². The average Bonchev–Trinajstić information content (AvgIpc) is 3.16. The van der Waals surface area contributed by atoms with Crippen LogP contribution in [0.1, 0.15) is 15.9 Å². The molecule has 2 atom stereocenters. The molecular formula is C39H34N3O2P3. The van der Waals surface area contributed by atoms with E-state index in [2.05, 4.69) is 48.5 Å². The zero-order valence-electron chi connectivity index (χ0n) is 25.9. The Morgan fingerprint density at radius 3 is 1.17 bits per heavy atom. The van der Waals surface area contributed by atoms with Crippen molar-refractivity contribution in [3.05, 3.63) is 193 Å². The van der Waals surface area contributed by atoms with Gasteiger partial charge in [-0.2, -0.15) is 0 Å². The summed E-state index contributed by atoms with van der Waals surface area (Å²) in [5.74, 6) is -0.423. The number of nitrogens with zero attached hydrogens (tertiary/aromatic N) is 3. The van der Waals surface area contributed by atoms with Gasteiger partial charge >= 0.3 is 0 Å². The van der Waals surface area contributed by atoms with Crippen LogP contribution in [0.15, 0.2) is 196 Å². The lowest BCUT2D eigenvalue weighted by Gasteiger charge is -2.42. The molecule has 7 rings (SSSR count). The van der Waals surface area contributed by atoms with Crippen molar-refractivity contribution in [1.82, 2.24) is 0 Å². The van der Waals surface area contributed by atoms with Gasteiger partial charge < -0.3 is 5.11 Å². The van der Waals surface area contributed by atoms with E-state index in [1.807, 2.05) is 128 Å². The number of hydrogen-bond donors (Lipinski definition) is 1. The van der Waals surface area contributed by atoms with Crippen molar-refractivity contribution >= 4 is 48.6 Å². The number of benzene rings is 6. The van der Waals surface area contributed by atoms with E-state index in [0.29, 0.717) is 11.1 Å². The van der Waals surface area contributed by atoms with Crippen molar-refractivity contribution in [3.63, 3.8) is 0 Å². The Hall–Kier alpha value is -4.36. The molecule has 0 saturated heterocycles. The third-order valence-electron chi connectivity index (χ3n) is 8.47. The van der Waals surface area contributed by atoms with Crippen LogP contribution in [0.5, 0.6) is 0 Å². The molecule has 0 aliphatic carbocycles. The summed E-state index contributed by atoms with van der Waals surface area (Å²) in [6.45, 7) is 1.93. The summed E-state index contributed by atoms with van der Waals surface area (Å²) in [5.41, 5.74) is 0.872. The van der Waals surface area contributed by atoms with Crippen LogP contribution < -0.4 is 21.2 Å². The fraction of sp³-hybridized carbons (Fsp3) is 0.0513. The van der Waals surface area contributed by atoms with E-state index in [9.17, 15) is 9.90 Å². The van der Waals surface area contributed by atoms with Crippen molar-refractivity contribution in [3.8, 4) is 0 Å². The highest BCUT2D eigenvalue weighted by Gasteiger charge is 2.54. The van der Waals surface area contributed by atoms with Crippen molar-refractivity contribution in [1.29, 1.82) is 0 Å². The van der Waals surface area contributed by atoms with Crippen LogP contribution in [0.4, 0.5) is 0 Å². The van der Waals surface area contributed by atoms with Gasteiger partial charge in [0.2, 0.25) is 11.1 Å². The molecule has 1 aliphatic heterocycles. The Morgan fingerprint density at radius 2 is 0.787 bits per heavy atom. The fourth-order valence-electron chi connectivity index (χ4n) is 6.16. The van der Waals surface area contributed by atoms with Gasteiger partial charge in [-0.3, -0.25) is 4.79 Å². The van der Waals surface area contributed by atoms with E-state index in [-0.39, 0.29) is 0 Å². The smallest absolute Gasteiger partial charge is 0.206 e. The van der Waals surface area contributed by atoms with E-state index in [1.54, 1.807) is 12.1 Å². The minimum absolute atomic E-state index is 0.403. The molecule has 6 aromatic carbocycles. The van der Waals surface area contributed by atoms with E-state index in [0.717, 1.165) is 21.2 Å². The molecule has 6 aromatic rings. The van der Waals surface area contributed by atoms with Crippen LogP contribution in [0.2, 0.25) is 0 Å². The van der Waals surface area contributed by atoms with E-state index in [1.165, 1.54) is 0 Å². The molecule has 0 bridgehead atoms. The highest BCUT2D eigenvalue weighted by atomic mass is 31.3. The summed E-state index contributed by atoms with van der Waals surface area (Å²) in [4.78, 5) is 15.0. The number of Topliss-reactive ketones (excluding diaryl/α,β-unsaturated/α-hetero) is 1. The maximum Gasteiger partial charge on any atom is 0.206 e. The monoisotopic (exact) mass is 669 g/mol. The Labute approximate surface area is 276 Å². The first kappa shape index (κ1) is 31.3. The molecule has 8 heteroatoms. The predicted octanol–water partition coefficient (Wildman–Crippen LogP) is 9.01. The molecule has 0 spiro atoms. The van der Waals surface area contributed by atoms with Crippen molar-refractivity contribution in [2.24, 2.45) is 13.5 Å². The number of aliphatic hydroxyl groups is 1. The summed E-state index contributed by atoms with van der Waals surface area (Å²) < 4.78 is 17.5. The largest absolute Gasteiger partial charge is 0.371 e. The normalized spacial score (nSPS) is 19.2. The number of carbonyl (C=O) groups is 1. The standard InChI is InChI=1S/C39H34N3O2P3/c1-45(39(44,33-22-10-3-11-23-33)38(43)32-20-8-2-9-21-32)40-46(34-24-12-4-13-25-34,35-26-14-5-15-27-35)42-47(41-45,36-28-16-6-17-29-36)37-30-18-7-19-31-37/h2-31,44H,1H3. The fourth-order valence-corrected chi connectivity index (χ4v) is 21.5. The van der Waals surface area contributed by atoms with Crippen molar-refractivity contribution in [2.75, 3.05) is 6.66 Å². The van der Waals surface area contributed by atoms with Gasteiger partial charge in [-0.1, -0.05) is 182 Å². The first-order chi connectivity index (χ1) is 22.9. The number of hydrogen-bond acceptors (Lipinski definition) is 5. The van der Waals surface area contributed by atoms with Crippen LogP contribution >= 0.6 is 21.6 Å². The molecule has 1 N–H and O–H groups in total. The second-order valence-corrected chi connectivity index (χ2v) is 20.5. The summed E-state index contributed by atoms with van der Waals surface area (Å²) in [7, 11) is -9.62. The number of carbonyl (C=O) groups excluding carboxylic acids is 1. The number of rotatable bonds is 8. The first-order valence-electron chi connectivity index (χ1n) is 15.4. The van der Waals surface area contributed by atoms with Gasteiger partial charge in [0.1, 0.15) is 21.6 Å². The maximum atomic E-state index is 15.0. The molecule has 0 aromatic heterocycles. The van der Waals surface area contributed by atoms with Gasteiger partial charge in [0.25, 0.3) is 0 Å². The summed E-state index contributed by atoms with van der Waals surface area (Å²) in [6.07, 6.45) is 0. The van der Waals surface area contributed by atoms with Crippen LogP contribution in [0.3, 0.4) is 0 Å². The molecule has 0 saturated carbocycles.